The zero-order valence-corrected chi connectivity index (χ0v) is 12.6. The van der Waals surface area contributed by atoms with Gasteiger partial charge in [0.25, 0.3) is 0 Å². The van der Waals surface area contributed by atoms with Crippen molar-refractivity contribution in [2.24, 2.45) is 0 Å². The van der Waals surface area contributed by atoms with E-state index in [0.29, 0.717) is 36.7 Å². The number of Topliss-reactive ketones (excluding diaryl/α,β-unsaturated/α-hetero) is 1. The van der Waals surface area contributed by atoms with Crippen molar-refractivity contribution >= 4 is 15.6 Å². The van der Waals surface area contributed by atoms with Crippen LogP contribution in [0.5, 0.6) is 5.75 Å². The van der Waals surface area contributed by atoms with E-state index in [-0.39, 0.29) is 11.5 Å². The molecule has 1 aromatic carbocycles. The molecule has 0 aromatic heterocycles. The maximum absolute atomic E-state index is 12.2. The van der Waals surface area contributed by atoms with Crippen molar-refractivity contribution in [3.63, 3.8) is 0 Å². The molecule has 0 fully saturated rings. The fourth-order valence-electron chi connectivity index (χ4n) is 2.30. The summed E-state index contributed by atoms with van der Waals surface area (Å²) in [5, 5.41) is 0. The molecule has 5 nitrogen and oxygen atoms in total. The number of hydrogen-bond acceptors (Lipinski definition) is 5. The summed E-state index contributed by atoms with van der Waals surface area (Å²) in [6.45, 7) is 3.11. The Hall–Kier alpha value is -1.40. The van der Waals surface area contributed by atoms with Gasteiger partial charge in [-0.1, -0.05) is 0 Å². The van der Waals surface area contributed by atoms with Crippen molar-refractivity contribution in [1.29, 1.82) is 0 Å². The van der Waals surface area contributed by atoms with Crippen LogP contribution in [0.3, 0.4) is 0 Å². The predicted octanol–water partition coefficient (Wildman–Crippen LogP) is 1.26. The van der Waals surface area contributed by atoms with E-state index in [2.05, 4.69) is 0 Å². The normalized spacial score (nSPS) is 18.1. The maximum atomic E-state index is 12.2. The lowest BCUT2D eigenvalue weighted by Gasteiger charge is -2.19. The van der Waals surface area contributed by atoms with Crippen LogP contribution < -0.4 is 4.74 Å². The average molecular weight is 297 g/mol. The topological polar surface area (TPSA) is 63.7 Å². The molecule has 0 aliphatic carbocycles. The minimum absolute atomic E-state index is 0.0875. The van der Waals surface area contributed by atoms with E-state index in [9.17, 15) is 13.2 Å². The first kappa shape index (κ1) is 15.0. The Morgan fingerprint density at radius 2 is 2.15 bits per heavy atom. The number of methoxy groups -OCH3 is 1. The van der Waals surface area contributed by atoms with Crippen molar-refractivity contribution in [2.75, 3.05) is 26.0 Å². The van der Waals surface area contributed by atoms with Gasteiger partial charge in [0.05, 0.1) is 17.8 Å². The zero-order valence-electron chi connectivity index (χ0n) is 11.8. The van der Waals surface area contributed by atoms with Gasteiger partial charge < -0.3 is 4.74 Å². The molecule has 0 atom stereocenters. The summed E-state index contributed by atoms with van der Waals surface area (Å²) in [7, 11) is -1.70. The molecule has 20 heavy (non-hydrogen) atoms. The van der Waals surface area contributed by atoms with Crippen LogP contribution in [0.4, 0.5) is 0 Å². The van der Waals surface area contributed by atoms with Crippen LogP contribution in [-0.2, 0) is 21.2 Å². The zero-order chi connectivity index (χ0) is 14.8. The largest absolute Gasteiger partial charge is 0.497 e. The Bertz CT molecular complexity index is 610. The van der Waals surface area contributed by atoms with E-state index in [1.807, 2.05) is 4.90 Å². The van der Waals surface area contributed by atoms with Crippen LogP contribution >= 0.6 is 0 Å². The summed E-state index contributed by atoms with van der Waals surface area (Å²) < 4.78 is 29.6. The molecule has 0 spiro atoms. The van der Waals surface area contributed by atoms with Gasteiger partial charge in [-0.15, -0.1) is 0 Å². The first-order valence-corrected chi connectivity index (χ1v) is 8.19. The summed E-state index contributed by atoms with van der Waals surface area (Å²) in [4.78, 5) is 13.5. The van der Waals surface area contributed by atoms with Gasteiger partial charge in [-0.05, 0) is 30.7 Å². The van der Waals surface area contributed by atoms with Crippen molar-refractivity contribution in [3.05, 3.63) is 23.8 Å². The van der Waals surface area contributed by atoms with E-state index in [0.717, 1.165) is 5.56 Å². The fourth-order valence-corrected chi connectivity index (χ4v) is 3.81. The molecule has 1 aliphatic heterocycles. The smallest absolute Gasteiger partial charge is 0.179 e. The SMILES string of the molecule is COc1ccc2c(c1)CN(CCC(C)=O)CCS2(=O)=O. The molecular weight excluding hydrogens is 278 g/mol. The molecule has 0 unspecified atom stereocenters. The van der Waals surface area contributed by atoms with Crippen LogP contribution in [0.1, 0.15) is 18.9 Å². The van der Waals surface area contributed by atoms with Crippen LogP contribution in [0.25, 0.3) is 0 Å². The van der Waals surface area contributed by atoms with E-state index in [1.54, 1.807) is 32.2 Å². The molecule has 0 N–H and O–H groups in total. The molecule has 0 bridgehead atoms. The Morgan fingerprint density at radius 3 is 2.80 bits per heavy atom. The highest BCUT2D eigenvalue weighted by atomic mass is 32.2. The second-order valence-corrected chi connectivity index (χ2v) is 7.10. The third-order valence-electron chi connectivity index (χ3n) is 3.45. The van der Waals surface area contributed by atoms with Crippen molar-refractivity contribution in [3.8, 4) is 5.75 Å². The lowest BCUT2D eigenvalue weighted by molar-refractivity contribution is -0.117. The molecule has 0 saturated carbocycles. The molecule has 1 aliphatic rings. The molecule has 0 amide bonds. The van der Waals surface area contributed by atoms with E-state index in [1.165, 1.54) is 0 Å². The standard InChI is InChI=1S/C14H19NO4S/c1-11(16)5-6-15-7-8-20(17,18)14-4-3-13(19-2)9-12(14)10-15/h3-4,9H,5-8,10H2,1-2H3. The predicted molar refractivity (Wildman–Crippen MR) is 75.6 cm³/mol. The van der Waals surface area contributed by atoms with Gasteiger partial charge in [0.2, 0.25) is 0 Å². The Labute approximate surface area is 119 Å². The number of nitrogens with zero attached hydrogens (tertiary/aromatic N) is 1. The van der Waals surface area contributed by atoms with Gasteiger partial charge in [0.1, 0.15) is 11.5 Å². The van der Waals surface area contributed by atoms with Gasteiger partial charge in [-0.25, -0.2) is 8.42 Å². The highest BCUT2D eigenvalue weighted by Gasteiger charge is 2.25. The number of benzene rings is 1. The number of rotatable bonds is 4. The summed E-state index contributed by atoms with van der Waals surface area (Å²) in [6.07, 6.45) is 0.444. The van der Waals surface area contributed by atoms with E-state index < -0.39 is 9.84 Å². The molecule has 0 saturated heterocycles. The second kappa shape index (κ2) is 5.93. The Balaban J connectivity index is 2.30. The minimum Gasteiger partial charge on any atom is -0.497 e. The number of ketones is 1. The summed E-state index contributed by atoms with van der Waals surface area (Å²) >= 11 is 0. The fraction of sp³-hybridized carbons (Fsp3) is 0.500. The quantitative estimate of drug-likeness (QED) is 0.837. The molecular formula is C14H19NO4S. The van der Waals surface area contributed by atoms with Crippen LogP contribution in [-0.4, -0.2) is 45.1 Å². The highest BCUT2D eigenvalue weighted by molar-refractivity contribution is 7.91. The number of fused-ring (bicyclic) bond motifs is 1. The lowest BCUT2D eigenvalue weighted by atomic mass is 10.2. The number of ether oxygens (including phenoxy) is 1. The molecule has 0 radical (unpaired) electrons. The first-order chi connectivity index (χ1) is 9.42. The monoisotopic (exact) mass is 297 g/mol. The number of carbonyl (C=O) groups excluding carboxylic acids is 1. The summed E-state index contributed by atoms with van der Waals surface area (Å²) in [5.41, 5.74) is 0.741. The third-order valence-corrected chi connectivity index (χ3v) is 5.24. The number of sulfone groups is 1. The van der Waals surface area contributed by atoms with Crippen LogP contribution in [0, 0.1) is 0 Å². The van der Waals surface area contributed by atoms with E-state index in [4.69, 9.17) is 4.74 Å². The number of hydrogen-bond donors (Lipinski definition) is 0. The van der Waals surface area contributed by atoms with Crippen molar-refractivity contribution in [1.82, 2.24) is 4.90 Å². The van der Waals surface area contributed by atoms with Crippen LogP contribution in [0.2, 0.25) is 0 Å². The van der Waals surface area contributed by atoms with Gasteiger partial charge in [0.15, 0.2) is 9.84 Å². The molecule has 6 heteroatoms. The van der Waals surface area contributed by atoms with E-state index >= 15 is 0 Å². The van der Waals surface area contributed by atoms with Gasteiger partial charge in [-0.2, -0.15) is 0 Å². The maximum Gasteiger partial charge on any atom is 0.179 e. The van der Waals surface area contributed by atoms with Gasteiger partial charge in [0, 0.05) is 26.1 Å². The summed E-state index contributed by atoms with van der Waals surface area (Å²) in [6, 6.07) is 5.04. The highest BCUT2D eigenvalue weighted by Crippen LogP contribution is 2.26. The molecule has 1 heterocycles. The van der Waals surface area contributed by atoms with Crippen molar-refractivity contribution < 1.29 is 17.9 Å². The third kappa shape index (κ3) is 3.37. The Kier molecular flexibility index (Phi) is 4.45. The molecule has 2 rings (SSSR count). The molecule has 110 valence electrons. The first-order valence-electron chi connectivity index (χ1n) is 6.54. The number of carbonyl (C=O) groups is 1. The average Bonchev–Trinajstić information content (AvgIpc) is 2.53. The Morgan fingerprint density at radius 1 is 1.40 bits per heavy atom. The molecule has 1 aromatic rings. The summed E-state index contributed by atoms with van der Waals surface area (Å²) in [5.74, 6) is 0.847. The van der Waals surface area contributed by atoms with Crippen molar-refractivity contribution in [2.45, 2.75) is 24.8 Å². The minimum atomic E-state index is -3.26. The van der Waals surface area contributed by atoms with Gasteiger partial charge >= 0.3 is 0 Å². The van der Waals surface area contributed by atoms with Gasteiger partial charge in [-0.3, -0.25) is 9.69 Å². The lowest BCUT2D eigenvalue weighted by Crippen LogP contribution is -2.28. The van der Waals surface area contributed by atoms with Crippen LogP contribution in [0.15, 0.2) is 23.1 Å². The second-order valence-electron chi connectivity index (χ2n) is 5.02.